The van der Waals surface area contributed by atoms with E-state index in [0.717, 1.165) is 11.9 Å². The first kappa shape index (κ1) is 19.0. The Morgan fingerprint density at radius 2 is 1.77 bits per heavy atom. The van der Waals surface area contributed by atoms with Gasteiger partial charge in [0.25, 0.3) is 0 Å². The van der Waals surface area contributed by atoms with Crippen LogP contribution in [0.4, 0.5) is 27.5 Å². The van der Waals surface area contributed by atoms with Gasteiger partial charge in [-0.1, -0.05) is 18.2 Å². The molecule has 0 spiro atoms. The van der Waals surface area contributed by atoms with E-state index in [-0.39, 0.29) is 11.8 Å². The Morgan fingerprint density at radius 3 is 2.61 bits per heavy atom. The van der Waals surface area contributed by atoms with Crippen LogP contribution in [0.3, 0.4) is 0 Å². The Balaban J connectivity index is 1.38. The van der Waals surface area contributed by atoms with Gasteiger partial charge in [0.05, 0.1) is 6.20 Å². The van der Waals surface area contributed by atoms with Gasteiger partial charge in [-0.05, 0) is 31.2 Å². The standard InChI is InChI=1S/C22H20FN5O3/c1-14-21(28(13-31-14)16-5-3-2-4-6-16)27-22-24-12-17(23)20(26-22)25-15-7-8-18-19(11-15)30-10-9-29-18/h2-8,11-12H,9-10,13H2,1H3,(H2,24,25,26,27). The summed E-state index contributed by atoms with van der Waals surface area (Å²) in [5.41, 5.74) is 1.58. The molecule has 9 heteroatoms. The summed E-state index contributed by atoms with van der Waals surface area (Å²) in [7, 11) is 0. The Morgan fingerprint density at radius 1 is 0.968 bits per heavy atom. The predicted molar refractivity (Wildman–Crippen MR) is 114 cm³/mol. The van der Waals surface area contributed by atoms with E-state index < -0.39 is 5.82 Å². The Labute approximate surface area is 178 Å². The lowest BCUT2D eigenvalue weighted by Crippen LogP contribution is -2.24. The highest BCUT2D eigenvalue weighted by Gasteiger charge is 2.24. The monoisotopic (exact) mass is 421 g/mol. The number of nitrogens with one attached hydrogen (secondary N) is 2. The van der Waals surface area contributed by atoms with Gasteiger partial charge < -0.3 is 24.8 Å². The molecule has 2 N–H and O–H groups in total. The number of benzene rings is 2. The van der Waals surface area contributed by atoms with Crippen LogP contribution in [0.2, 0.25) is 0 Å². The summed E-state index contributed by atoms with van der Waals surface area (Å²) >= 11 is 0. The lowest BCUT2D eigenvalue weighted by molar-refractivity contribution is 0.171. The smallest absolute Gasteiger partial charge is 0.230 e. The molecule has 0 bridgehead atoms. The van der Waals surface area contributed by atoms with Gasteiger partial charge in [-0.25, -0.2) is 9.37 Å². The first-order valence-corrected chi connectivity index (χ1v) is 9.80. The third-order valence-corrected chi connectivity index (χ3v) is 4.86. The van der Waals surface area contributed by atoms with Crippen LogP contribution in [-0.2, 0) is 4.74 Å². The number of ether oxygens (including phenoxy) is 3. The number of rotatable bonds is 5. The second-order valence-electron chi connectivity index (χ2n) is 6.94. The molecule has 0 saturated carbocycles. The van der Waals surface area contributed by atoms with Crippen molar-refractivity contribution in [2.45, 2.75) is 6.92 Å². The summed E-state index contributed by atoms with van der Waals surface area (Å²) in [6, 6.07) is 15.1. The average Bonchev–Trinajstić information content (AvgIpc) is 3.16. The molecule has 0 radical (unpaired) electrons. The molecule has 8 nitrogen and oxygen atoms in total. The molecule has 0 amide bonds. The van der Waals surface area contributed by atoms with E-state index in [4.69, 9.17) is 14.2 Å². The molecular weight excluding hydrogens is 401 g/mol. The molecule has 2 aliphatic rings. The van der Waals surface area contributed by atoms with Gasteiger partial charge in [0.2, 0.25) is 5.95 Å². The first-order chi connectivity index (χ1) is 15.2. The minimum atomic E-state index is -0.575. The third-order valence-electron chi connectivity index (χ3n) is 4.86. The summed E-state index contributed by atoms with van der Waals surface area (Å²) in [5, 5.41) is 6.13. The Bertz CT molecular complexity index is 1140. The van der Waals surface area contributed by atoms with Crippen LogP contribution in [0.5, 0.6) is 11.5 Å². The van der Waals surface area contributed by atoms with Gasteiger partial charge in [-0.15, -0.1) is 0 Å². The zero-order chi connectivity index (χ0) is 21.2. The summed E-state index contributed by atoms with van der Waals surface area (Å²) in [6.45, 7) is 3.19. The number of hydrogen-bond donors (Lipinski definition) is 2. The maximum absolute atomic E-state index is 14.4. The lowest BCUT2D eigenvalue weighted by atomic mass is 10.2. The number of aromatic nitrogens is 2. The molecule has 0 saturated heterocycles. The van der Waals surface area contributed by atoms with Crippen LogP contribution >= 0.6 is 0 Å². The highest BCUT2D eigenvalue weighted by molar-refractivity contribution is 5.63. The van der Waals surface area contributed by atoms with E-state index >= 15 is 0 Å². The maximum Gasteiger partial charge on any atom is 0.230 e. The number of halogens is 1. The number of nitrogens with zero attached hydrogens (tertiary/aromatic N) is 3. The minimum absolute atomic E-state index is 0.0395. The molecule has 3 aromatic rings. The van der Waals surface area contributed by atoms with Crippen LogP contribution in [0.1, 0.15) is 6.92 Å². The van der Waals surface area contributed by atoms with Crippen molar-refractivity contribution in [3.05, 3.63) is 72.1 Å². The highest BCUT2D eigenvalue weighted by atomic mass is 19.1. The van der Waals surface area contributed by atoms with Gasteiger partial charge in [0, 0.05) is 17.4 Å². The topological polar surface area (TPSA) is 80.8 Å². The van der Waals surface area contributed by atoms with E-state index in [0.29, 0.717) is 48.7 Å². The highest BCUT2D eigenvalue weighted by Crippen LogP contribution is 2.34. The second kappa shape index (κ2) is 8.02. The Hall–Kier alpha value is -4.01. The number of hydrogen-bond acceptors (Lipinski definition) is 8. The third kappa shape index (κ3) is 3.89. The van der Waals surface area contributed by atoms with Gasteiger partial charge in [-0.2, -0.15) is 4.98 Å². The fraction of sp³-hybridized carbons (Fsp3) is 0.182. The van der Waals surface area contributed by atoms with Crippen molar-refractivity contribution in [1.29, 1.82) is 0 Å². The first-order valence-electron chi connectivity index (χ1n) is 9.80. The molecule has 0 atom stereocenters. The zero-order valence-electron chi connectivity index (χ0n) is 16.8. The molecule has 1 aromatic heterocycles. The minimum Gasteiger partial charge on any atom is -0.486 e. The van der Waals surface area contributed by atoms with E-state index in [2.05, 4.69) is 20.6 Å². The van der Waals surface area contributed by atoms with Gasteiger partial charge in [0.1, 0.15) is 19.0 Å². The molecule has 0 unspecified atom stereocenters. The number of anilines is 4. The largest absolute Gasteiger partial charge is 0.486 e. The predicted octanol–water partition coefficient (Wildman–Crippen LogP) is 4.23. The summed E-state index contributed by atoms with van der Waals surface area (Å²) in [6.07, 6.45) is 1.12. The van der Waals surface area contributed by atoms with Gasteiger partial charge >= 0.3 is 0 Å². The summed E-state index contributed by atoms with van der Waals surface area (Å²) < 4.78 is 31.2. The van der Waals surface area contributed by atoms with Crippen molar-refractivity contribution in [1.82, 2.24) is 9.97 Å². The molecule has 5 rings (SSSR count). The lowest BCUT2D eigenvalue weighted by Gasteiger charge is -2.21. The van der Waals surface area contributed by atoms with Gasteiger partial charge in [0.15, 0.2) is 35.7 Å². The van der Waals surface area contributed by atoms with Crippen LogP contribution in [0.15, 0.2) is 66.3 Å². The van der Waals surface area contributed by atoms with Crippen LogP contribution < -0.4 is 25.0 Å². The summed E-state index contributed by atoms with van der Waals surface area (Å²) in [4.78, 5) is 10.3. The second-order valence-corrected chi connectivity index (χ2v) is 6.94. The molecule has 0 fully saturated rings. The maximum atomic E-state index is 14.4. The SMILES string of the molecule is CC1=C(Nc2ncc(F)c(Nc3ccc4c(c3)OCCO4)n2)N(c2ccccc2)CO1. The van der Waals surface area contributed by atoms with Crippen LogP contribution in [0, 0.1) is 5.82 Å². The average molecular weight is 421 g/mol. The van der Waals surface area contributed by atoms with Crippen molar-refractivity contribution >= 4 is 23.1 Å². The van der Waals surface area contributed by atoms with Crippen molar-refractivity contribution in [3.63, 3.8) is 0 Å². The van der Waals surface area contributed by atoms with Crippen LogP contribution in [0.25, 0.3) is 0 Å². The molecule has 2 aliphatic heterocycles. The van der Waals surface area contributed by atoms with Crippen LogP contribution in [-0.4, -0.2) is 29.9 Å². The van der Waals surface area contributed by atoms with E-state index in [9.17, 15) is 4.39 Å². The van der Waals surface area contributed by atoms with E-state index in [1.54, 1.807) is 18.2 Å². The van der Waals surface area contributed by atoms with Crippen molar-refractivity contribution in [2.75, 3.05) is 35.5 Å². The molecule has 31 heavy (non-hydrogen) atoms. The molecular formula is C22H20FN5O3. The van der Waals surface area contributed by atoms with Crippen molar-refractivity contribution in [2.24, 2.45) is 0 Å². The molecule has 158 valence electrons. The van der Waals surface area contributed by atoms with Gasteiger partial charge in [-0.3, -0.25) is 4.90 Å². The van der Waals surface area contributed by atoms with E-state index in [1.807, 2.05) is 42.2 Å². The van der Waals surface area contributed by atoms with Crippen molar-refractivity contribution in [3.8, 4) is 11.5 Å². The number of allylic oxidation sites excluding steroid dienone is 1. The Kier molecular flexibility index (Phi) is 4.91. The zero-order valence-corrected chi connectivity index (χ0v) is 16.8. The van der Waals surface area contributed by atoms with Crippen molar-refractivity contribution < 1.29 is 18.6 Å². The molecule has 2 aromatic carbocycles. The quantitative estimate of drug-likeness (QED) is 0.634. The number of para-hydroxylation sites is 1. The van der Waals surface area contributed by atoms with E-state index in [1.165, 1.54) is 0 Å². The fourth-order valence-electron chi connectivity index (χ4n) is 3.33. The molecule has 0 aliphatic carbocycles. The normalized spacial score (nSPS) is 15.0. The summed E-state index contributed by atoms with van der Waals surface area (Å²) in [5.74, 6) is 2.35. The molecule has 3 heterocycles. The number of fused-ring (bicyclic) bond motifs is 1. The fourth-order valence-corrected chi connectivity index (χ4v) is 3.33.